The Balaban J connectivity index is 1.23. The third-order valence-electron chi connectivity index (χ3n) is 8.26. The zero-order chi connectivity index (χ0) is 30.4. The van der Waals surface area contributed by atoms with Crippen molar-refractivity contribution < 1.29 is 31.6 Å². The van der Waals surface area contributed by atoms with Crippen LogP contribution in [-0.2, 0) is 23.4 Å². The molecule has 43 heavy (non-hydrogen) atoms. The fraction of sp³-hybridized carbons (Fsp3) is 0.483. The summed E-state index contributed by atoms with van der Waals surface area (Å²) in [6, 6.07) is 7.64. The van der Waals surface area contributed by atoms with E-state index in [4.69, 9.17) is 9.26 Å². The van der Waals surface area contributed by atoms with Gasteiger partial charge in [0.05, 0.1) is 41.5 Å². The Bertz CT molecular complexity index is 1620. The number of rotatable bonds is 10. The lowest BCUT2D eigenvalue weighted by atomic mass is 9.91. The van der Waals surface area contributed by atoms with E-state index in [0.29, 0.717) is 36.2 Å². The first kappa shape index (κ1) is 29.2. The van der Waals surface area contributed by atoms with Crippen LogP contribution in [0.15, 0.2) is 47.2 Å². The molecule has 0 spiro atoms. The summed E-state index contributed by atoms with van der Waals surface area (Å²) < 4.78 is 69.9. The smallest absolute Gasteiger partial charge is 0.382 e. The number of methoxy groups -OCH3 is 1. The lowest BCUT2D eigenvalue weighted by Crippen LogP contribution is -2.53. The summed E-state index contributed by atoms with van der Waals surface area (Å²) in [7, 11) is 1.64. The largest absolute Gasteiger partial charge is 0.406 e. The van der Waals surface area contributed by atoms with Crippen LogP contribution in [0.2, 0.25) is 0 Å². The van der Waals surface area contributed by atoms with E-state index in [9.17, 15) is 18.0 Å². The Kier molecular flexibility index (Phi) is 7.45. The second kappa shape index (κ2) is 11.0. The Morgan fingerprint density at radius 3 is 2.81 bits per heavy atom. The van der Waals surface area contributed by atoms with Crippen LogP contribution in [-0.4, -0.2) is 69.9 Å². The van der Waals surface area contributed by atoms with Gasteiger partial charge < -0.3 is 34.3 Å². The minimum absolute atomic E-state index is 0.0332. The van der Waals surface area contributed by atoms with Crippen LogP contribution in [0.25, 0.3) is 22.4 Å². The van der Waals surface area contributed by atoms with Gasteiger partial charge in [0.15, 0.2) is 0 Å². The molecule has 1 amide bonds. The van der Waals surface area contributed by atoms with Crippen molar-refractivity contribution in [3.8, 4) is 11.5 Å². The Morgan fingerprint density at radius 1 is 1.28 bits per heavy atom. The molecule has 1 aromatic carbocycles. The van der Waals surface area contributed by atoms with Crippen molar-refractivity contribution in [2.75, 3.05) is 32.1 Å². The van der Waals surface area contributed by atoms with E-state index in [2.05, 4.69) is 26.1 Å². The molecule has 0 bridgehead atoms. The molecule has 2 aliphatic rings. The number of piperidine rings is 1. The molecule has 10 nitrogen and oxygen atoms in total. The maximum atomic E-state index is 15.2. The van der Waals surface area contributed by atoms with E-state index >= 15 is 4.39 Å². The summed E-state index contributed by atoms with van der Waals surface area (Å²) in [5, 5.41) is 13.4. The Morgan fingerprint density at radius 2 is 2.09 bits per heavy atom. The number of benzene rings is 1. The normalized spacial score (nSPS) is 21.7. The molecule has 4 heterocycles. The number of alkyl halides is 4. The van der Waals surface area contributed by atoms with E-state index in [-0.39, 0.29) is 47.5 Å². The summed E-state index contributed by atoms with van der Waals surface area (Å²) in [4.78, 5) is 17.1. The second-order valence-electron chi connectivity index (χ2n) is 11.6. The molecule has 2 fully saturated rings. The minimum Gasteiger partial charge on any atom is -0.382 e. The van der Waals surface area contributed by atoms with Crippen LogP contribution >= 0.6 is 0 Å². The number of carbonyl (C=O) groups is 1. The number of hydrogen-bond acceptors (Lipinski definition) is 7. The maximum Gasteiger partial charge on any atom is 0.406 e. The molecule has 6 rings (SSSR count). The Labute approximate surface area is 244 Å². The van der Waals surface area contributed by atoms with Crippen molar-refractivity contribution >= 4 is 22.5 Å². The number of anilines is 1. The van der Waals surface area contributed by atoms with Crippen LogP contribution in [0.3, 0.4) is 0 Å². The van der Waals surface area contributed by atoms with Gasteiger partial charge in [-0.25, -0.2) is 4.39 Å². The van der Waals surface area contributed by atoms with E-state index in [1.54, 1.807) is 43.6 Å². The van der Waals surface area contributed by atoms with Gasteiger partial charge in [-0.15, -0.1) is 0 Å². The summed E-state index contributed by atoms with van der Waals surface area (Å²) in [5.41, 5.74) is -0.323. The number of fused-ring (bicyclic) bond motifs is 1. The summed E-state index contributed by atoms with van der Waals surface area (Å²) in [5.74, 6) is -0.383. The average molecular weight is 604 g/mol. The SMILES string of the molecule is COCC1(n2ccc(C(=O)NCc3nc(-c4cc5c(N[C@H]6CCNCC6(C)F)cccc5n4CC(F)(F)F)no3)c2)CC1. The molecule has 3 N–H and O–H groups in total. The lowest BCUT2D eigenvalue weighted by Gasteiger charge is -2.36. The lowest BCUT2D eigenvalue weighted by molar-refractivity contribution is -0.139. The second-order valence-corrected chi connectivity index (χ2v) is 11.6. The molecule has 1 aliphatic carbocycles. The van der Waals surface area contributed by atoms with Gasteiger partial charge in [-0.05, 0) is 57.0 Å². The van der Waals surface area contributed by atoms with Gasteiger partial charge >= 0.3 is 6.18 Å². The van der Waals surface area contributed by atoms with Crippen LogP contribution < -0.4 is 16.0 Å². The van der Waals surface area contributed by atoms with Gasteiger partial charge in [0.25, 0.3) is 5.91 Å². The molecule has 230 valence electrons. The number of carbonyl (C=O) groups excluding carboxylic acids is 1. The number of amides is 1. The quantitative estimate of drug-likeness (QED) is 0.227. The Hall–Kier alpha value is -3.91. The van der Waals surface area contributed by atoms with Crippen molar-refractivity contribution in [1.82, 2.24) is 29.9 Å². The number of nitrogens with one attached hydrogen (secondary N) is 3. The molecular weight excluding hydrogens is 570 g/mol. The van der Waals surface area contributed by atoms with Gasteiger partial charge in [-0.1, -0.05) is 11.2 Å². The third-order valence-corrected chi connectivity index (χ3v) is 8.26. The average Bonchev–Trinajstić information content (AvgIpc) is 3.30. The number of hydrogen-bond donors (Lipinski definition) is 3. The highest BCUT2D eigenvalue weighted by molar-refractivity contribution is 5.96. The van der Waals surface area contributed by atoms with Gasteiger partial charge in [-0.2, -0.15) is 18.2 Å². The summed E-state index contributed by atoms with van der Waals surface area (Å²) >= 11 is 0. The molecule has 1 saturated heterocycles. The molecule has 1 saturated carbocycles. The molecule has 4 aromatic rings. The number of nitrogens with zero attached hydrogens (tertiary/aromatic N) is 4. The van der Waals surface area contributed by atoms with Crippen LogP contribution in [0.4, 0.5) is 23.2 Å². The van der Waals surface area contributed by atoms with Crippen molar-refractivity contribution in [2.24, 2.45) is 0 Å². The third kappa shape index (κ3) is 5.98. The first-order valence-corrected chi connectivity index (χ1v) is 14.1. The minimum atomic E-state index is -4.53. The van der Waals surface area contributed by atoms with Crippen LogP contribution in [0.5, 0.6) is 0 Å². The molecular formula is C29H33F4N7O3. The fourth-order valence-electron chi connectivity index (χ4n) is 5.76. The molecule has 14 heteroatoms. The number of ether oxygens (including phenoxy) is 1. The molecule has 3 aromatic heterocycles. The van der Waals surface area contributed by atoms with Gasteiger partial charge in [-0.3, -0.25) is 4.79 Å². The fourth-order valence-corrected chi connectivity index (χ4v) is 5.76. The molecule has 0 radical (unpaired) electrons. The number of aromatic nitrogens is 4. The predicted octanol–water partition coefficient (Wildman–Crippen LogP) is 4.62. The van der Waals surface area contributed by atoms with Gasteiger partial charge in [0.2, 0.25) is 11.7 Å². The van der Waals surface area contributed by atoms with Crippen LogP contribution in [0.1, 0.15) is 42.4 Å². The summed E-state index contributed by atoms with van der Waals surface area (Å²) in [6.45, 7) is 1.45. The van der Waals surface area contributed by atoms with Gasteiger partial charge in [0, 0.05) is 37.1 Å². The first-order chi connectivity index (χ1) is 20.5. The first-order valence-electron chi connectivity index (χ1n) is 14.1. The van der Waals surface area contributed by atoms with E-state index in [1.165, 1.54) is 6.92 Å². The predicted molar refractivity (Wildman–Crippen MR) is 150 cm³/mol. The highest BCUT2D eigenvalue weighted by Crippen LogP contribution is 2.44. The van der Waals surface area contributed by atoms with E-state index in [0.717, 1.165) is 17.4 Å². The maximum absolute atomic E-state index is 15.2. The van der Waals surface area contributed by atoms with E-state index in [1.807, 2.05) is 10.8 Å². The zero-order valence-electron chi connectivity index (χ0n) is 23.8. The monoisotopic (exact) mass is 603 g/mol. The summed E-state index contributed by atoms with van der Waals surface area (Å²) in [6.07, 6.45) is 1.52. The molecule has 2 atom stereocenters. The number of halogens is 4. The van der Waals surface area contributed by atoms with Gasteiger partial charge in [0.1, 0.15) is 12.2 Å². The van der Waals surface area contributed by atoms with Crippen molar-refractivity contribution in [1.29, 1.82) is 0 Å². The standard InChI is InChI=1S/C29H33F4N7O3/c1-27(30)15-34-10-6-23(27)36-20-4-3-5-21-19(20)12-22(40(21)16-29(31,32)33)25-37-24(43-38-25)13-35-26(41)18-7-11-39(14-18)28(8-9-28)17-42-2/h3-5,7,11-12,14,23,34,36H,6,8-10,13,15-17H2,1-2H3,(H,35,41)/t23-,27?/m0/s1. The topological polar surface area (TPSA) is 111 Å². The van der Waals surface area contributed by atoms with E-state index < -0.39 is 24.4 Å². The van der Waals surface area contributed by atoms with Crippen molar-refractivity contribution in [3.05, 3.63) is 54.2 Å². The zero-order valence-corrected chi connectivity index (χ0v) is 23.8. The van der Waals surface area contributed by atoms with Crippen molar-refractivity contribution in [2.45, 2.75) is 62.7 Å². The molecule has 1 aliphatic heterocycles. The van der Waals surface area contributed by atoms with Crippen LogP contribution in [0, 0.1) is 0 Å². The highest BCUT2D eigenvalue weighted by Gasteiger charge is 2.44. The molecule has 1 unspecified atom stereocenters. The highest BCUT2D eigenvalue weighted by atomic mass is 19.4. The van der Waals surface area contributed by atoms with Crippen molar-refractivity contribution in [3.63, 3.8) is 0 Å².